The molecule has 1 fully saturated rings. The van der Waals surface area contributed by atoms with Gasteiger partial charge in [0, 0.05) is 6.54 Å². The number of aliphatic hydroxyl groups is 1. The van der Waals surface area contributed by atoms with Gasteiger partial charge in [-0.3, -0.25) is 0 Å². The fourth-order valence-corrected chi connectivity index (χ4v) is 2.83. The maximum absolute atomic E-state index is 10.4. The van der Waals surface area contributed by atoms with E-state index in [1.54, 1.807) is 0 Å². The van der Waals surface area contributed by atoms with Crippen LogP contribution in [0.2, 0.25) is 0 Å². The first-order valence-electron chi connectivity index (χ1n) is 8.67. The van der Waals surface area contributed by atoms with Gasteiger partial charge in [-0.1, -0.05) is 32.9 Å². The van der Waals surface area contributed by atoms with Crippen LogP contribution in [0.5, 0.6) is 5.75 Å². The first kappa shape index (κ1) is 17.3. The van der Waals surface area contributed by atoms with E-state index < -0.39 is 6.10 Å². The summed E-state index contributed by atoms with van der Waals surface area (Å²) in [5.41, 5.74) is 0.964. The van der Waals surface area contributed by atoms with Crippen LogP contribution < -0.4 is 4.74 Å². The van der Waals surface area contributed by atoms with Crippen molar-refractivity contribution in [1.82, 2.24) is 4.90 Å². The summed E-state index contributed by atoms with van der Waals surface area (Å²) in [6.07, 6.45) is 2.97. The van der Waals surface area contributed by atoms with Gasteiger partial charge in [-0.05, 0) is 61.9 Å². The third kappa shape index (κ3) is 5.62. The Bertz CT molecular complexity index is 439. The summed E-state index contributed by atoms with van der Waals surface area (Å²) < 4.78 is 5.74. The van der Waals surface area contributed by atoms with Gasteiger partial charge in [0.05, 0.1) is 12.7 Å². The van der Waals surface area contributed by atoms with E-state index in [0.717, 1.165) is 30.2 Å². The maximum Gasteiger partial charge on any atom is 0.119 e. The molecular formula is C19H31NO2. The van der Waals surface area contributed by atoms with Gasteiger partial charge in [0.15, 0.2) is 0 Å². The predicted molar refractivity (Wildman–Crippen MR) is 91.2 cm³/mol. The second kappa shape index (κ2) is 8.54. The molecule has 0 aliphatic carbocycles. The number of hydrogen-bond donors (Lipinski definition) is 1. The zero-order valence-electron chi connectivity index (χ0n) is 14.3. The maximum atomic E-state index is 10.4. The van der Waals surface area contributed by atoms with E-state index >= 15 is 0 Å². The Morgan fingerprint density at radius 2 is 2.00 bits per heavy atom. The first-order valence-corrected chi connectivity index (χ1v) is 8.67. The second-order valence-electron chi connectivity index (χ2n) is 7.11. The van der Waals surface area contributed by atoms with Crippen LogP contribution in [0.3, 0.4) is 0 Å². The zero-order chi connectivity index (χ0) is 15.9. The minimum Gasteiger partial charge on any atom is -0.493 e. The number of nitrogens with zero attached hydrogens (tertiary/aromatic N) is 1. The summed E-state index contributed by atoms with van der Waals surface area (Å²) in [6.45, 7) is 10.6. The van der Waals surface area contributed by atoms with Crippen molar-refractivity contribution in [3.8, 4) is 5.75 Å². The highest BCUT2D eigenvalue weighted by molar-refractivity contribution is 5.29. The molecule has 3 heteroatoms. The molecule has 0 amide bonds. The number of hydrogen-bond acceptors (Lipinski definition) is 3. The van der Waals surface area contributed by atoms with Crippen LogP contribution >= 0.6 is 0 Å². The molecule has 1 atom stereocenters. The zero-order valence-corrected chi connectivity index (χ0v) is 14.3. The molecule has 1 aliphatic rings. The summed E-state index contributed by atoms with van der Waals surface area (Å²) in [7, 11) is 0. The SMILES string of the molecule is CC(C)COc1cccc(C(O)CCN2CCC(C)CC2)c1. The number of benzene rings is 1. The summed E-state index contributed by atoms with van der Waals surface area (Å²) in [4.78, 5) is 2.47. The standard InChI is InChI=1S/C19H31NO2/c1-15(2)14-22-18-6-4-5-17(13-18)19(21)9-12-20-10-7-16(3)8-11-20/h4-6,13,15-16,19,21H,7-12,14H2,1-3H3. The molecule has 1 aromatic carbocycles. The molecule has 1 saturated heterocycles. The number of likely N-dealkylation sites (tertiary alicyclic amines) is 1. The van der Waals surface area contributed by atoms with Crippen molar-refractivity contribution in [1.29, 1.82) is 0 Å². The van der Waals surface area contributed by atoms with E-state index in [0.29, 0.717) is 12.5 Å². The fourth-order valence-electron chi connectivity index (χ4n) is 2.83. The molecule has 0 radical (unpaired) electrons. The highest BCUT2D eigenvalue weighted by Gasteiger charge is 2.17. The van der Waals surface area contributed by atoms with Crippen LogP contribution in [0.15, 0.2) is 24.3 Å². The van der Waals surface area contributed by atoms with Crippen LogP contribution in [0.4, 0.5) is 0 Å². The Morgan fingerprint density at radius 1 is 1.27 bits per heavy atom. The van der Waals surface area contributed by atoms with E-state index in [2.05, 4.69) is 25.7 Å². The summed E-state index contributed by atoms with van der Waals surface area (Å²) in [5.74, 6) is 2.23. The van der Waals surface area contributed by atoms with Gasteiger partial charge in [-0.15, -0.1) is 0 Å². The first-order chi connectivity index (χ1) is 10.5. The lowest BCUT2D eigenvalue weighted by Crippen LogP contribution is -2.34. The molecule has 3 nitrogen and oxygen atoms in total. The molecule has 0 spiro atoms. The molecule has 0 aromatic heterocycles. The molecule has 1 unspecified atom stereocenters. The molecule has 0 bridgehead atoms. The quantitative estimate of drug-likeness (QED) is 0.830. The van der Waals surface area contributed by atoms with E-state index in [4.69, 9.17) is 4.74 Å². The molecule has 1 aromatic rings. The van der Waals surface area contributed by atoms with Crippen molar-refractivity contribution < 1.29 is 9.84 Å². The molecule has 1 N–H and O–H groups in total. The molecule has 2 rings (SSSR count). The second-order valence-corrected chi connectivity index (χ2v) is 7.11. The lowest BCUT2D eigenvalue weighted by atomic mass is 9.98. The van der Waals surface area contributed by atoms with Crippen molar-refractivity contribution in [2.45, 2.75) is 46.1 Å². The lowest BCUT2D eigenvalue weighted by Gasteiger charge is -2.30. The van der Waals surface area contributed by atoms with Gasteiger partial charge in [0.25, 0.3) is 0 Å². The molecular weight excluding hydrogens is 274 g/mol. The Labute approximate surface area is 135 Å². The van der Waals surface area contributed by atoms with E-state index in [1.165, 1.54) is 25.9 Å². The third-order valence-corrected chi connectivity index (χ3v) is 4.42. The van der Waals surface area contributed by atoms with Crippen molar-refractivity contribution >= 4 is 0 Å². The Balaban J connectivity index is 1.81. The van der Waals surface area contributed by atoms with E-state index in [9.17, 15) is 5.11 Å². The third-order valence-electron chi connectivity index (χ3n) is 4.42. The minimum absolute atomic E-state index is 0.401. The van der Waals surface area contributed by atoms with E-state index in [-0.39, 0.29) is 0 Å². The largest absolute Gasteiger partial charge is 0.493 e. The van der Waals surface area contributed by atoms with Gasteiger partial charge in [-0.2, -0.15) is 0 Å². The van der Waals surface area contributed by atoms with E-state index in [1.807, 2.05) is 24.3 Å². The van der Waals surface area contributed by atoms with Crippen LogP contribution in [0.1, 0.15) is 51.7 Å². The van der Waals surface area contributed by atoms with Gasteiger partial charge >= 0.3 is 0 Å². The number of rotatable bonds is 7. The molecule has 1 aliphatic heterocycles. The van der Waals surface area contributed by atoms with Crippen molar-refractivity contribution in [3.63, 3.8) is 0 Å². The number of ether oxygens (including phenoxy) is 1. The normalized spacial score (nSPS) is 18.6. The highest BCUT2D eigenvalue weighted by Crippen LogP contribution is 2.23. The highest BCUT2D eigenvalue weighted by atomic mass is 16.5. The van der Waals surface area contributed by atoms with Crippen LogP contribution in [0.25, 0.3) is 0 Å². The topological polar surface area (TPSA) is 32.7 Å². The summed E-state index contributed by atoms with van der Waals surface area (Å²) in [5, 5.41) is 10.4. The van der Waals surface area contributed by atoms with Crippen LogP contribution in [-0.4, -0.2) is 36.2 Å². The van der Waals surface area contributed by atoms with Gasteiger partial charge in [0.1, 0.15) is 5.75 Å². The van der Waals surface area contributed by atoms with Crippen molar-refractivity contribution in [2.75, 3.05) is 26.2 Å². The molecule has 124 valence electrons. The molecule has 22 heavy (non-hydrogen) atoms. The number of piperidine rings is 1. The molecule has 1 heterocycles. The average molecular weight is 305 g/mol. The van der Waals surface area contributed by atoms with Gasteiger partial charge in [0.2, 0.25) is 0 Å². The predicted octanol–water partition coefficient (Wildman–Crippen LogP) is 3.88. The summed E-state index contributed by atoms with van der Waals surface area (Å²) in [6, 6.07) is 7.90. The van der Waals surface area contributed by atoms with Crippen LogP contribution in [0, 0.1) is 11.8 Å². The smallest absolute Gasteiger partial charge is 0.119 e. The average Bonchev–Trinajstić information content (AvgIpc) is 2.52. The van der Waals surface area contributed by atoms with Gasteiger partial charge < -0.3 is 14.7 Å². The Morgan fingerprint density at radius 3 is 2.68 bits per heavy atom. The number of aliphatic hydroxyl groups excluding tert-OH is 1. The Hall–Kier alpha value is -1.06. The summed E-state index contributed by atoms with van der Waals surface area (Å²) >= 11 is 0. The van der Waals surface area contributed by atoms with Crippen molar-refractivity contribution in [3.05, 3.63) is 29.8 Å². The fraction of sp³-hybridized carbons (Fsp3) is 0.684. The Kier molecular flexibility index (Phi) is 6.71. The lowest BCUT2D eigenvalue weighted by molar-refractivity contribution is 0.125. The van der Waals surface area contributed by atoms with Gasteiger partial charge in [-0.25, -0.2) is 0 Å². The monoisotopic (exact) mass is 305 g/mol. The minimum atomic E-state index is -0.401. The molecule has 0 saturated carbocycles. The van der Waals surface area contributed by atoms with Crippen LogP contribution in [-0.2, 0) is 0 Å². The van der Waals surface area contributed by atoms with Crippen molar-refractivity contribution in [2.24, 2.45) is 11.8 Å².